The van der Waals surface area contributed by atoms with Gasteiger partial charge in [0.15, 0.2) is 11.5 Å². The molecule has 0 saturated heterocycles. The molecule has 1 aromatic rings. The fraction of sp³-hybridized carbons (Fsp3) is 0.667. The summed E-state index contributed by atoms with van der Waals surface area (Å²) in [5, 5.41) is 10.4. The predicted octanol–water partition coefficient (Wildman–Crippen LogP) is 4.92. The number of hydrogen-bond acceptors (Lipinski definition) is 4. The van der Waals surface area contributed by atoms with Crippen molar-refractivity contribution < 1.29 is 19.3 Å². The van der Waals surface area contributed by atoms with Gasteiger partial charge in [-0.05, 0) is 62.3 Å². The van der Waals surface area contributed by atoms with Crippen molar-refractivity contribution in [3.8, 4) is 23.0 Å². The first-order valence-electron chi connectivity index (χ1n) is 7.60. The van der Waals surface area contributed by atoms with Crippen LogP contribution in [0.1, 0.15) is 62.3 Å². The van der Waals surface area contributed by atoms with Crippen molar-refractivity contribution in [2.45, 2.75) is 79.1 Å². The smallest absolute Gasteiger partial charge is 0.201 e. The van der Waals surface area contributed by atoms with Crippen LogP contribution in [0.4, 0.5) is 0 Å². The van der Waals surface area contributed by atoms with Crippen molar-refractivity contribution in [3.05, 3.63) is 12.1 Å². The first-order chi connectivity index (χ1) is 9.66. The highest BCUT2D eigenvalue weighted by molar-refractivity contribution is 5.55. The maximum absolute atomic E-state index is 10.4. The van der Waals surface area contributed by atoms with E-state index in [4.69, 9.17) is 14.2 Å². The highest BCUT2D eigenvalue weighted by atomic mass is 16.5. The molecule has 0 aliphatic heterocycles. The Morgan fingerprint density at radius 1 is 0.636 bits per heavy atom. The second-order valence-corrected chi connectivity index (χ2v) is 8.41. The maximum Gasteiger partial charge on any atom is 0.201 e. The lowest BCUT2D eigenvalue weighted by Gasteiger charge is -2.28. The monoisotopic (exact) mass is 310 g/mol. The first kappa shape index (κ1) is 18.5. The van der Waals surface area contributed by atoms with E-state index in [-0.39, 0.29) is 11.4 Å². The zero-order valence-corrected chi connectivity index (χ0v) is 15.3. The Hall–Kier alpha value is -1.58. The van der Waals surface area contributed by atoms with E-state index in [9.17, 15) is 5.11 Å². The van der Waals surface area contributed by atoms with Crippen LogP contribution in [0.2, 0.25) is 0 Å². The van der Waals surface area contributed by atoms with Gasteiger partial charge in [-0.2, -0.15) is 0 Å². The van der Waals surface area contributed by atoms with Crippen LogP contribution in [0.15, 0.2) is 12.1 Å². The molecule has 0 heterocycles. The Labute approximate surface area is 134 Å². The highest BCUT2D eigenvalue weighted by Gasteiger charge is 2.23. The predicted molar refractivity (Wildman–Crippen MR) is 89.2 cm³/mol. The summed E-state index contributed by atoms with van der Waals surface area (Å²) in [6, 6.07) is 3.39. The Morgan fingerprint density at radius 2 is 0.955 bits per heavy atom. The number of hydrogen-bond donors (Lipinski definition) is 1. The molecule has 0 spiro atoms. The number of ether oxygens (including phenoxy) is 3. The Kier molecular flexibility index (Phi) is 4.95. The summed E-state index contributed by atoms with van der Waals surface area (Å²) >= 11 is 0. The molecule has 0 aromatic heterocycles. The SMILES string of the molecule is CC(C)(C)Oc1cc(OC(C)(C)C)c(O)c(OC(C)(C)C)c1. The molecule has 126 valence electrons. The van der Waals surface area contributed by atoms with Gasteiger partial charge in [0.05, 0.1) is 0 Å². The van der Waals surface area contributed by atoms with Crippen LogP contribution >= 0.6 is 0 Å². The molecule has 1 N–H and O–H groups in total. The molecule has 22 heavy (non-hydrogen) atoms. The van der Waals surface area contributed by atoms with Crippen LogP contribution in [-0.4, -0.2) is 21.9 Å². The zero-order valence-electron chi connectivity index (χ0n) is 15.3. The fourth-order valence-electron chi connectivity index (χ4n) is 1.79. The lowest BCUT2D eigenvalue weighted by Crippen LogP contribution is -2.26. The minimum Gasteiger partial charge on any atom is -0.502 e. The molecule has 0 amide bonds. The highest BCUT2D eigenvalue weighted by Crippen LogP contribution is 2.43. The van der Waals surface area contributed by atoms with Crippen molar-refractivity contribution in [1.29, 1.82) is 0 Å². The molecular formula is C18H30O4. The van der Waals surface area contributed by atoms with Crippen LogP contribution < -0.4 is 14.2 Å². The summed E-state index contributed by atoms with van der Waals surface area (Å²) < 4.78 is 17.6. The number of benzene rings is 1. The molecule has 0 fully saturated rings. The molecule has 0 bridgehead atoms. The Bertz CT molecular complexity index is 476. The van der Waals surface area contributed by atoms with Crippen LogP contribution in [0.3, 0.4) is 0 Å². The minimum absolute atomic E-state index is 0.00823. The number of phenolic OH excluding ortho intramolecular Hbond substituents is 1. The molecule has 4 heteroatoms. The molecule has 0 saturated carbocycles. The molecule has 0 aliphatic carbocycles. The van der Waals surface area contributed by atoms with Gasteiger partial charge in [-0.15, -0.1) is 0 Å². The third-order valence-corrected chi connectivity index (χ3v) is 2.27. The van der Waals surface area contributed by atoms with Crippen LogP contribution in [0.25, 0.3) is 0 Å². The fourth-order valence-corrected chi connectivity index (χ4v) is 1.79. The number of aromatic hydroxyl groups is 1. The third kappa shape index (κ3) is 6.46. The molecule has 4 nitrogen and oxygen atoms in total. The quantitative estimate of drug-likeness (QED) is 0.860. The third-order valence-electron chi connectivity index (χ3n) is 2.27. The van der Waals surface area contributed by atoms with E-state index >= 15 is 0 Å². The van der Waals surface area contributed by atoms with Gasteiger partial charge in [-0.25, -0.2) is 0 Å². The average molecular weight is 310 g/mol. The van der Waals surface area contributed by atoms with E-state index < -0.39 is 11.2 Å². The van der Waals surface area contributed by atoms with Gasteiger partial charge in [0.25, 0.3) is 0 Å². The topological polar surface area (TPSA) is 47.9 Å². The zero-order chi connectivity index (χ0) is 17.3. The second-order valence-electron chi connectivity index (χ2n) is 8.41. The second kappa shape index (κ2) is 5.90. The normalized spacial score (nSPS) is 13.0. The molecule has 1 rings (SSSR count). The van der Waals surface area contributed by atoms with E-state index in [1.807, 2.05) is 62.3 Å². The Balaban J connectivity index is 3.30. The summed E-state index contributed by atoms with van der Waals surface area (Å²) in [6.45, 7) is 17.4. The molecule has 0 aliphatic rings. The van der Waals surface area contributed by atoms with Gasteiger partial charge >= 0.3 is 0 Å². The van der Waals surface area contributed by atoms with Gasteiger partial charge in [-0.3, -0.25) is 0 Å². The van der Waals surface area contributed by atoms with Crippen LogP contribution in [0.5, 0.6) is 23.0 Å². The minimum atomic E-state index is -0.434. The van der Waals surface area contributed by atoms with Crippen LogP contribution in [-0.2, 0) is 0 Å². The molecule has 0 radical (unpaired) electrons. The summed E-state index contributed by atoms with van der Waals surface area (Å²) in [7, 11) is 0. The van der Waals surface area contributed by atoms with Gasteiger partial charge in [0, 0.05) is 12.1 Å². The maximum atomic E-state index is 10.4. The number of phenols is 1. The van der Waals surface area contributed by atoms with Crippen molar-refractivity contribution in [2.24, 2.45) is 0 Å². The average Bonchev–Trinajstić information content (AvgIpc) is 2.18. The van der Waals surface area contributed by atoms with E-state index in [1.165, 1.54) is 0 Å². The van der Waals surface area contributed by atoms with Crippen LogP contribution in [0, 0.1) is 0 Å². The summed E-state index contributed by atoms with van der Waals surface area (Å²) in [6.07, 6.45) is 0. The molecule has 0 atom stereocenters. The molecule has 0 unspecified atom stereocenters. The first-order valence-corrected chi connectivity index (χ1v) is 7.60. The van der Waals surface area contributed by atoms with Gasteiger partial charge in [-0.1, -0.05) is 0 Å². The van der Waals surface area contributed by atoms with Gasteiger partial charge in [0.1, 0.15) is 22.6 Å². The Morgan fingerprint density at radius 3 is 1.23 bits per heavy atom. The van der Waals surface area contributed by atoms with E-state index in [1.54, 1.807) is 12.1 Å². The van der Waals surface area contributed by atoms with Gasteiger partial charge in [0.2, 0.25) is 5.75 Å². The lowest BCUT2D eigenvalue weighted by molar-refractivity contribution is 0.104. The summed E-state index contributed by atoms with van der Waals surface area (Å²) in [5.74, 6) is 1.30. The molecule has 1 aromatic carbocycles. The summed E-state index contributed by atoms with van der Waals surface area (Å²) in [5.41, 5.74) is -1.22. The van der Waals surface area contributed by atoms with E-state index in [0.717, 1.165) is 0 Å². The van der Waals surface area contributed by atoms with Crippen molar-refractivity contribution in [1.82, 2.24) is 0 Å². The van der Waals surface area contributed by atoms with Crippen molar-refractivity contribution in [2.75, 3.05) is 0 Å². The van der Waals surface area contributed by atoms with E-state index in [2.05, 4.69) is 0 Å². The van der Waals surface area contributed by atoms with Gasteiger partial charge < -0.3 is 19.3 Å². The standard InChI is InChI=1S/C18H30O4/c1-16(2,3)20-12-10-13(21-17(4,5)6)15(19)14(11-12)22-18(7,8)9/h10-11,19H,1-9H3. The van der Waals surface area contributed by atoms with E-state index in [0.29, 0.717) is 17.2 Å². The summed E-state index contributed by atoms with van der Waals surface area (Å²) in [4.78, 5) is 0. The molecular weight excluding hydrogens is 280 g/mol. The van der Waals surface area contributed by atoms with Crippen molar-refractivity contribution in [3.63, 3.8) is 0 Å². The largest absolute Gasteiger partial charge is 0.502 e. The van der Waals surface area contributed by atoms with Crippen molar-refractivity contribution >= 4 is 0 Å². The number of rotatable bonds is 3. The lowest BCUT2D eigenvalue weighted by atomic mass is 10.1.